The van der Waals surface area contributed by atoms with Crippen molar-refractivity contribution in [2.24, 2.45) is 5.73 Å². The van der Waals surface area contributed by atoms with E-state index in [-0.39, 0.29) is 9.20 Å². The van der Waals surface area contributed by atoms with E-state index >= 15 is 0 Å². The Labute approximate surface area is 141 Å². The van der Waals surface area contributed by atoms with Crippen molar-refractivity contribution in [3.8, 4) is 0 Å². The van der Waals surface area contributed by atoms with E-state index in [9.17, 15) is 8.42 Å². The molecule has 1 atom stereocenters. The fourth-order valence-corrected chi connectivity index (χ4v) is 5.43. The van der Waals surface area contributed by atoms with Crippen LogP contribution < -0.4 is 10.5 Å². The first-order chi connectivity index (χ1) is 9.81. The predicted octanol–water partition coefficient (Wildman–Crippen LogP) is 3.12. The van der Waals surface area contributed by atoms with Gasteiger partial charge in [-0.15, -0.1) is 11.3 Å². The van der Waals surface area contributed by atoms with E-state index < -0.39 is 16.1 Å². The highest BCUT2D eigenvalue weighted by Gasteiger charge is 2.25. The first-order valence-electron chi connectivity index (χ1n) is 5.94. The van der Waals surface area contributed by atoms with Gasteiger partial charge in [-0.2, -0.15) is 4.72 Å². The maximum Gasteiger partial charge on any atom is 0.251 e. The van der Waals surface area contributed by atoms with Crippen LogP contribution >= 0.6 is 39.5 Å². The second kappa shape index (κ2) is 6.53. The van der Waals surface area contributed by atoms with Crippen molar-refractivity contribution < 1.29 is 8.42 Å². The molecule has 8 heteroatoms. The lowest BCUT2D eigenvalue weighted by Crippen LogP contribution is -2.36. The summed E-state index contributed by atoms with van der Waals surface area (Å²) in [5.41, 5.74) is 7.26. The number of sulfonamides is 1. The van der Waals surface area contributed by atoms with Crippen LogP contribution in [0.2, 0.25) is 0 Å². The summed E-state index contributed by atoms with van der Waals surface area (Å²) in [6.07, 6.45) is 0. The summed E-state index contributed by atoms with van der Waals surface area (Å²) in [4.78, 5) is 0.0807. The second-order valence-corrected chi connectivity index (χ2v) is 9.17. The first kappa shape index (κ1) is 16.6. The number of halogens is 1. The fraction of sp³-hybridized carbons (Fsp3) is 0.154. The summed E-state index contributed by atoms with van der Waals surface area (Å²) in [5, 5.41) is 0. The minimum Gasteiger partial charge on any atom is -0.392 e. The summed E-state index contributed by atoms with van der Waals surface area (Å²) < 4.78 is 28.5. The monoisotopic (exact) mass is 404 g/mol. The zero-order chi connectivity index (χ0) is 15.6. The molecule has 21 heavy (non-hydrogen) atoms. The molecule has 4 nitrogen and oxygen atoms in total. The third-order valence-corrected chi connectivity index (χ3v) is 7.06. The Bertz CT molecular complexity index is 737. The molecular weight excluding hydrogens is 392 g/mol. The highest BCUT2D eigenvalue weighted by atomic mass is 79.9. The van der Waals surface area contributed by atoms with Crippen LogP contribution in [-0.4, -0.2) is 13.4 Å². The molecule has 112 valence electrons. The number of nitrogens with one attached hydrogen (secondary N) is 1. The van der Waals surface area contributed by atoms with Gasteiger partial charge in [-0.1, -0.05) is 42.5 Å². The van der Waals surface area contributed by atoms with Crippen molar-refractivity contribution in [3.05, 3.63) is 51.3 Å². The van der Waals surface area contributed by atoms with Gasteiger partial charge in [0, 0.05) is 0 Å². The third-order valence-electron chi connectivity index (χ3n) is 2.79. The Kier molecular flexibility index (Phi) is 5.15. The Morgan fingerprint density at radius 3 is 2.48 bits per heavy atom. The van der Waals surface area contributed by atoms with Gasteiger partial charge in [0.05, 0.1) is 14.8 Å². The van der Waals surface area contributed by atoms with Crippen LogP contribution in [0.3, 0.4) is 0 Å². The normalized spacial score (nSPS) is 13.0. The van der Waals surface area contributed by atoms with Crippen LogP contribution in [0.5, 0.6) is 0 Å². The zero-order valence-corrected chi connectivity index (χ0v) is 15.1. The molecule has 0 amide bonds. The minimum absolute atomic E-state index is 0.0807. The third kappa shape index (κ3) is 3.89. The van der Waals surface area contributed by atoms with Crippen LogP contribution in [0.1, 0.15) is 17.2 Å². The number of thiophene rings is 1. The molecule has 3 N–H and O–H groups in total. The lowest BCUT2D eigenvalue weighted by molar-refractivity contribution is 0.579. The number of hydrogen-bond donors (Lipinski definition) is 2. The van der Waals surface area contributed by atoms with Gasteiger partial charge in [-0.3, -0.25) is 0 Å². The molecule has 1 heterocycles. The van der Waals surface area contributed by atoms with Gasteiger partial charge in [0.15, 0.2) is 0 Å². The SMILES string of the molecule is Cc1cc(S(=O)(=O)NC(C(N)=S)c2ccccc2)sc1Br. The molecule has 2 rings (SSSR count). The lowest BCUT2D eigenvalue weighted by atomic mass is 10.1. The molecule has 2 aromatic rings. The Hall–Kier alpha value is -0.800. The van der Waals surface area contributed by atoms with Crippen molar-refractivity contribution in [2.75, 3.05) is 0 Å². The molecule has 0 radical (unpaired) electrons. The largest absolute Gasteiger partial charge is 0.392 e. The maximum absolute atomic E-state index is 12.4. The Morgan fingerprint density at radius 1 is 1.38 bits per heavy atom. The van der Waals surface area contributed by atoms with Crippen molar-refractivity contribution in [2.45, 2.75) is 17.2 Å². The van der Waals surface area contributed by atoms with Gasteiger partial charge in [-0.05, 0) is 40.0 Å². The number of hydrogen-bond acceptors (Lipinski definition) is 4. The Morgan fingerprint density at radius 2 is 2.00 bits per heavy atom. The van der Waals surface area contributed by atoms with Crippen molar-refractivity contribution in [1.29, 1.82) is 0 Å². The molecule has 1 unspecified atom stereocenters. The van der Waals surface area contributed by atoms with E-state index in [1.807, 2.05) is 13.0 Å². The van der Waals surface area contributed by atoms with Crippen molar-refractivity contribution in [3.63, 3.8) is 0 Å². The smallest absolute Gasteiger partial charge is 0.251 e. The molecule has 0 spiro atoms. The van der Waals surface area contributed by atoms with Crippen LogP contribution in [-0.2, 0) is 10.0 Å². The summed E-state index contributed by atoms with van der Waals surface area (Å²) in [5.74, 6) is 0. The molecule has 0 bridgehead atoms. The average molecular weight is 405 g/mol. The summed E-state index contributed by atoms with van der Waals surface area (Å²) in [7, 11) is -3.68. The van der Waals surface area contributed by atoms with Crippen LogP contribution in [0.15, 0.2) is 44.4 Å². The van der Waals surface area contributed by atoms with Gasteiger partial charge in [0.2, 0.25) is 0 Å². The van der Waals surface area contributed by atoms with Crippen molar-refractivity contribution in [1.82, 2.24) is 4.72 Å². The minimum atomic E-state index is -3.68. The highest BCUT2D eigenvalue weighted by molar-refractivity contribution is 9.11. The summed E-state index contributed by atoms with van der Waals surface area (Å²) >= 11 is 9.47. The fourth-order valence-electron chi connectivity index (χ4n) is 1.71. The molecular formula is C13H13BrN2O2S3. The van der Waals surface area contributed by atoms with Crippen LogP contribution in [0, 0.1) is 6.92 Å². The van der Waals surface area contributed by atoms with Gasteiger partial charge in [0.1, 0.15) is 4.21 Å². The average Bonchev–Trinajstić information content (AvgIpc) is 2.78. The van der Waals surface area contributed by atoms with E-state index in [1.165, 1.54) is 0 Å². The molecule has 0 aliphatic rings. The molecule has 0 saturated carbocycles. The zero-order valence-electron chi connectivity index (χ0n) is 11.0. The number of thiocarbonyl (C=S) groups is 1. The van der Waals surface area contributed by atoms with Gasteiger partial charge < -0.3 is 5.73 Å². The standard InChI is InChI=1S/C13H13BrN2O2S3/c1-8-7-10(20-12(8)14)21(17,18)16-11(13(15)19)9-5-3-2-4-6-9/h2-7,11,16H,1H3,(H2,15,19). The van der Waals surface area contributed by atoms with Gasteiger partial charge in [0.25, 0.3) is 10.0 Å². The second-order valence-electron chi connectivity index (χ2n) is 4.39. The molecule has 1 aromatic carbocycles. The molecule has 0 aliphatic carbocycles. The summed E-state index contributed by atoms with van der Waals surface area (Å²) in [6.45, 7) is 1.84. The Balaban J connectivity index is 2.35. The number of benzene rings is 1. The molecule has 1 aromatic heterocycles. The van der Waals surface area contributed by atoms with E-state index in [0.29, 0.717) is 5.56 Å². The molecule has 0 saturated heterocycles. The maximum atomic E-state index is 12.4. The van der Waals surface area contributed by atoms with E-state index in [1.54, 1.807) is 30.3 Å². The highest BCUT2D eigenvalue weighted by Crippen LogP contribution is 2.31. The number of rotatable bonds is 5. The number of aryl methyl sites for hydroxylation is 1. The topological polar surface area (TPSA) is 72.2 Å². The van der Waals surface area contributed by atoms with E-state index in [0.717, 1.165) is 20.7 Å². The van der Waals surface area contributed by atoms with Gasteiger partial charge >= 0.3 is 0 Å². The van der Waals surface area contributed by atoms with Crippen molar-refractivity contribution >= 4 is 54.5 Å². The quantitative estimate of drug-likeness (QED) is 0.750. The van der Waals surface area contributed by atoms with Gasteiger partial charge in [-0.25, -0.2) is 8.42 Å². The predicted molar refractivity (Wildman–Crippen MR) is 93.0 cm³/mol. The van der Waals surface area contributed by atoms with Crippen LogP contribution in [0.4, 0.5) is 0 Å². The number of nitrogens with two attached hydrogens (primary N) is 1. The summed E-state index contributed by atoms with van der Waals surface area (Å²) in [6, 6.07) is 9.89. The van der Waals surface area contributed by atoms with E-state index in [4.69, 9.17) is 18.0 Å². The molecule has 0 fully saturated rings. The molecule has 0 aliphatic heterocycles. The van der Waals surface area contributed by atoms with E-state index in [2.05, 4.69) is 20.7 Å². The lowest BCUT2D eigenvalue weighted by Gasteiger charge is -2.17. The van der Waals surface area contributed by atoms with Crippen LogP contribution in [0.25, 0.3) is 0 Å². The first-order valence-corrected chi connectivity index (χ1v) is 9.44.